The van der Waals surface area contributed by atoms with Gasteiger partial charge in [-0.1, -0.05) is 0 Å². The summed E-state index contributed by atoms with van der Waals surface area (Å²) in [6.07, 6.45) is 3.61. The lowest BCUT2D eigenvalue weighted by molar-refractivity contribution is -0.136. The van der Waals surface area contributed by atoms with E-state index in [4.69, 9.17) is 4.74 Å². The molecule has 0 aromatic carbocycles. The second-order valence-electron chi connectivity index (χ2n) is 6.57. The maximum absolute atomic E-state index is 12.6. The number of aromatic nitrogens is 1. The quantitative estimate of drug-likeness (QED) is 0.876. The van der Waals surface area contributed by atoms with Crippen LogP contribution in [0.2, 0.25) is 0 Å². The van der Waals surface area contributed by atoms with Crippen LogP contribution >= 0.6 is 0 Å². The molecule has 0 bridgehead atoms. The third-order valence-electron chi connectivity index (χ3n) is 4.54. The number of carbonyl (C=O) groups excluding carboxylic acids is 2. The first kappa shape index (κ1) is 16.5. The largest absolute Gasteiger partial charge is 0.485 e. The second-order valence-corrected chi connectivity index (χ2v) is 6.57. The normalized spacial score (nSPS) is 23.8. The van der Waals surface area contributed by atoms with E-state index in [0.717, 1.165) is 18.0 Å². The molecule has 2 aliphatic rings. The van der Waals surface area contributed by atoms with E-state index >= 15 is 0 Å². The Hall–Kier alpha value is -2.31. The number of pyridine rings is 1. The molecule has 2 saturated heterocycles. The molecule has 0 spiro atoms. The number of rotatable bonds is 4. The Kier molecular flexibility index (Phi) is 4.87. The highest BCUT2D eigenvalue weighted by Gasteiger charge is 2.33. The predicted octanol–water partition coefficient (Wildman–Crippen LogP) is 0.654. The maximum Gasteiger partial charge on any atom is 0.227 e. The lowest BCUT2D eigenvalue weighted by atomic mass is 9.98. The first-order valence-electron chi connectivity index (χ1n) is 8.39. The van der Waals surface area contributed by atoms with Crippen LogP contribution in [0.15, 0.2) is 18.3 Å². The number of hydrogen-bond donors (Lipinski definition) is 1. The van der Waals surface area contributed by atoms with E-state index in [0.29, 0.717) is 32.5 Å². The Morgan fingerprint density at radius 1 is 1.42 bits per heavy atom. The zero-order valence-electron chi connectivity index (χ0n) is 14.2. The molecule has 130 valence electrons. The summed E-state index contributed by atoms with van der Waals surface area (Å²) in [6, 6.07) is 3.76. The average molecular weight is 332 g/mol. The minimum Gasteiger partial charge on any atom is -0.485 e. The topological polar surface area (TPSA) is 74.8 Å². The molecule has 1 aromatic rings. The molecular weight excluding hydrogens is 308 g/mol. The molecular formula is C17H24N4O3. The zero-order valence-corrected chi connectivity index (χ0v) is 14.2. The van der Waals surface area contributed by atoms with Gasteiger partial charge in [-0.3, -0.25) is 9.59 Å². The van der Waals surface area contributed by atoms with Crippen LogP contribution in [0.1, 0.15) is 19.3 Å². The molecule has 2 atom stereocenters. The van der Waals surface area contributed by atoms with Crippen LogP contribution < -0.4 is 15.0 Å². The van der Waals surface area contributed by atoms with Crippen molar-refractivity contribution in [2.75, 3.05) is 38.6 Å². The highest BCUT2D eigenvalue weighted by molar-refractivity contribution is 5.84. The number of likely N-dealkylation sites (tertiary alicyclic amines) is 1. The molecule has 3 heterocycles. The smallest absolute Gasteiger partial charge is 0.227 e. The van der Waals surface area contributed by atoms with Crippen LogP contribution in [0.4, 0.5) is 5.82 Å². The molecule has 3 rings (SSSR count). The van der Waals surface area contributed by atoms with Crippen LogP contribution in [0.25, 0.3) is 0 Å². The molecule has 2 fully saturated rings. The number of hydrogen-bond acceptors (Lipinski definition) is 5. The second kappa shape index (κ2) is 7.07. The Bertz CT molecular complexity index is 610. The summed E-state index contributed by atoms with van der Waals surface area (Å²) in [6.45, 7) is 1.74. The van der Waals surface area contributed by atoms with Gasteiger partial charge in [0.2, 0.25) is 11.8 Å². The Balaban J connectivity index is 1.58. The summed E-state index contributed by atoms with van der Waals surface area (Å²) in [7, 11) is 3.86. The van der Waals surface area contributed by atoms with Gasteiger partial charge in [0.05, 0.1) is 12.5 Å². The molecule has 2 amide bonds. The van der Waals surface area contributed by atoms with Crippen molar-refractivity contribution in [2.24, 2.45) is 5.92 Å². The Morgan fingerprint density at radius 2 is 2.25 bits per heavy atom. The van der Waals surface area contributed by atoms with Gasteiger partial charge in [0.1, 0.15) is 6.10 Å². The monoisotopic (exact) mass is 332 g/mol. The molecule has 0 saturated carbocycles. The average Bonchev–Trinajstić information content (AvgIpc) is 3.04. The first-order valence-corrected chi connectivity index (χ1v) is 8.39. The number of carbonyl (C=O) groups is 2. The number of piperidine rings is 1. The molecule has 0 radical (unpaired) electrons. The van der Waals surface area contributed by atoms with E-state index in [1.54, 1.807) is 6.20 Å². The van der Waals surface area contributed by atoms with Crippen molar-refractivity contribution in [2.45, 2.75) is 25.4 Å². The highest BCUT2D eigenvalue weighted by atomic mass is 16.5. The number of amides is 2. The number of anilines is 1. The minimum absolute atomic E-state index is 0.0185. The molecule has 7 nitrogen and oxygen atoms in total. The van der Waals surface area contributed by atoms with Crippen LogP contribution in [-0.2, 0) is 9.59 Å². The van der Waals surface area contributed by atoms with E-state index in [1.165, 1.54) is 0 Å². The van der Waals surface area contributed by atoms with Gasteiger partial charge in [0.15, 0.2) is 11.6 Å². The summed E-state index contributed by atoms with van der Waals surface area (Å²) in [5.74, 6) is 1.59. The van der Waals surface area contributed by atoms with Gasteiger partial charge in [-0.15, -0.1) is 0 Å². The van der Waals surface area contributed by atoms with E-state index in [9.17, 15) is 9.59 Å². The van der Waals surface area contributed by atoms with Crippen molar-refractivity contribution >= 4 is 17.6 Å². The van der Waals surface area contributed by atoms with Gasteiger partial charge >= 0.3 is 0 Å². The number of nitrogens with zero attached hydrogens (tertiary/aromatic N) is 3. The van der Waals surface area contributed by atoms with Crippen molar-refractivity contribution < 1.29 is 14.3 Å². The van der Waals surface area contributed by atoms with Crippen LogP contribution in [0.3, 0.4) is 0 Å². The van der Waals surface area contributed by atoms with Gasteiger partial charge < -0.3 is 19.9 Å². The predicted molar refractivity (Wildman–Crippen MR) is 89.9 cm³/mol. The van der Waals surface area contributed by atoms with E-state index in [2.05, 4.69) is 10.3 Å². The van der Waals surface area contributed by atoms with Crippen LogP contribution in [0.5, 0.6) is 5.75 Å². The standard InChI is InChI=1S/C17H24N4O3/c1-20(2)16-14(4-3-8-18-16)24-13-7-9-21(11-13)17(23)12-5-6-15(22)19-10-12/h3-4,8,12-13H,5-7,9-11H2,1-2H3,(H,19,22). The molecule has 1 aromatic heterocycles. The first-order chi connectivity index (χ1) is 11.5. The fraction of sp³-hybridized carbons (Fsp3) is 0.588. The number of ether oxygens (including phenoxy) is 1. The fourth-order valence-corrected chi connectivity index (χ4v) is 3.22. The van der Waals surface area contributed by atoms with Gasteiger partial charge in [0.25, 0.3) is 0 Å². The molecule has 24 heavy (non-hydrogen) atoms. The summed E-state index contributed by atoms with van der Waals surface area (Å²) >= 11 is 0. The third kappa shape index (κ3) is 3.60. The highest BCUT2D eigenvalue weighted by Crippen LogP contribution is 2.27. The summed E-state index contributed by atoms with van der Waals surface area (Å²) < 4.78 is 6.08. The summed E-state index contributed by atoms with van der Waals surface area (Å²) in [4.78, 5) is 31.9. The number of nitrogens with one attached hydrogen (secondary N) is 1. The molecule has 7 heteroatoms. The third-order valence-corrected chi connectivity index (χ3v) is 4.54. The zero-order chi connectivity index (χ0) is 17.1. The lowest BCUT2D eigenvalue weighted by Crippen LogP contribution is -2.44. The molecule has 0 aliphatic carbocycles. The van der Waals surface area contributed by atoms with Crippen molar-refractivity contribution in [3.8, 4) is 5.75 Å². The van der Waals surface area contributed by atoms with Gasteiger partial charge in [0, 0.05) is 46.2 Å². The van der Waals surface area contributed by atoms with E-state index in [-0.39, 0.29) is 23.8 Å². The van der Waals surface area contributed by atoms with Gasteiger partial charge in [-0.25, -0.2) is 4.98 Å². The summed E-state index contributed by atoms with van der Waals surface area (Å²) in [5.41, 5.74) is 0. The Labute approximate surface area is 142 Å². The molecule has 1 N–H and O–H groups in total. The SMILES string of the molecule is CN(C)c1ncccc1OC1CCN(C(=O)C2CCC(=O)NC2)C1. The van der Waals surface area contributed by atoms with Gasteiger partial charge in [-0.2, -0.15) is 0 Å². The van der Waals surface area contributed by atoms with Crippen molar-refractivity contribution in [3.05, 3.63) is 18.3 Å². The van der Waals surface area contributed by atoms with Crippen molar-refractivity contribution in [1.29, 1.82) is 0 Å². The maximum atomic E-state index is 12.6. The fourth-order valence-electron chi connectivity index (χ4n) is 3.22. The van der Waals surface area contributed by atoms with E-state index < -0.39 is 0 Å². The minimum atomic E-state index is -0.0998. The lowest BCUT2D eigenvalue weighted by Gasteiger charge is -2.26. The van der Waals surface area contributed by atoms with Gasteiger partial charge in [-0.05, 0) is 18.6 Å². The summed E-state index contributed by atoms with van der Waals surface area (Å²) in [5, 5.41) is 2.78. The van der Waals surface area contributed by atoms with E-state index in [1.807, 2.05) is 36.0 Å². The van der Waals surface area contributed by atoms with Crippen molar-refractivity contribution in [1.82, 2.24) is 15.2 Å². The molecule has 2 aliphatic heterocycles. The molecule has 2 unspecified atom stereocenters. The van der Waals surface area contributed by atoms with Crippen molar-refractivity contribution in [3.63, 3.8) is 0 Å². The Morgan fingerprint density at radius 3 is 2.96 bits per heavy atom. The van der Waals surface area contributed by atoms with Crippen LogP contribution in [0, 0.1) is 5.92 Å². The van der Waals surface area contributed by atoms with Crippen LogP contribution in [-0.4, -0.2) is 61.5 Å².